The molecule has 1 N–H and O–H groups in total. The maximum Gasteiger partial charge on any atom is 0.262 e. The molecule has 2 aromatic carbocycles. The highest BCUT2D eigenvalue weighted by Crippen LogP contribution is 2.18. The van der Waals surface area contributed by atoms with Gasteiger partial charge in [0, 0.05) is 13.1 Å². The quantitative estimate of drug-likeness (QED) is 0.377. The predicted molar refractivity (Wildman–Crippen MR) is 110 cm³/mol. The predicted octanol–water partition coefficient (Wildman–Crippen LogP) is 3.44. The summed E-state index contributed by atoms with van der Waals surface area (Å²) in [5, 5.41) is 3.80. The lowest BCUT2D eigenvalue weighted by Crippen LogP contribution is -2.26. The van der Waals surface area contributed by atoms with Gasteiger partial charge in [0.1, 0.15) is 5.82 Å². The molecule has 0 spiro atoms. The smallest absolute Gasteiger partial charge is 0.262 e. The number of carbonyl (C=O) groups is 1. The van der Waals surface area contributed by atoms with Crippen LogP contribution < -0.4 is 10.9 Å². The van der Waals surface area contributed by atoms with Crippen LogP contribution in [0, 0.1) is 12.7 Å². The number of nitrogens with one attached hydrogen (secondary N) is 1. The molecule has 1 aromatic heterocycles. The van der Waals surface area contributed by atoms with Crippen LogP contribution in [0.25, 0.3) is 10.9 Å². The van der Waals surface area contributed by atoms with Crippen LogP contribution in [-0.4, -0.2) is 21.2 Å². The molecule has 28 heavy (non-hydrogen) atoms. The molecule has 0 unspecified atom stereocenters. The van der Waals surface area contributed by atoms with Crippen molar-refractivity contribution >= 4 is 28.6 Å². The molecule has 0 fully saturated rings. The lowest BCUT2D eigenvalue weighted by molar-refractivity contribution is -0.118. The van der Waals surface area contributed by atoms with Crippen LogP contribution in [0.1, 0.15) is 11.1 Å². The zero-order valence-corrected chi connectivity index (χ0v) is 16.3. The molecule has 7 heteroatoms. The Morgan fingerprint density at radius 1 is 1.32 bits per heavy atom. The SMILES string of the molecule is C=CCn1c(SCC(=O)NCc2ccc(F)c(C)c2)nc2ccccc2c1=O. The highest BCUT2D eigenvalue weighted by Gasteiger charge is 2.12. The van der Waals surface area contributed by atoms with Gasteiger partial charge in [-0.15, -0.1) is 6.58 Å². The Balaban J connectivity index is 1.70. The Labute approximate surface area is 166 Å². The number of thioether (sulfide) groups is 1. The molecule has 0 aliphatic rings. The number of para-hydroxylation sites is 1. The van der Waals surface area contributed by atoms with Crippen molar-refractivity contribution in [3.05, 3.63) is 82.4 Å². The summed E-state index contributed by atoms with van der Waals surface area (Å²) in [6, 6.07) is 11.8. The Morgan fingerprint density at radius 3 is 2.86 bits per heavy atom. The van der Waals surface area contributed by atoms with Crippen molar-refractivity contribution in [2.45, 2.75) is 25.2 Å². The first-order valence-corrected chi connectivity index (χ1v) is 9.73. The molecule has 0 bridgehead atoms. The van der Waals surface area contributed by atoms with Gasteiger partial charge in [0.15, 0.2) is 5.16 Å². The summed E-state index contributed by atoms with van der Waals surface area (Å²) in [5.41, 5.74) is 1.80. The van der Waals surface area contributed by atoms with Crippen LogP contribution >= 0.6 is 11.8 Å². The number of allylic oxidation sites excluding steroid dienone is 1. The van der Waals surface area contributed by atoms with Gasteiger partial charge < -0.3 is 5.32 Å². The van der Waals surface area contributed by atoms with E-state index in [0.29, 0.717) is 34.7 Å². The monoisotopic (exact) mass is 397 g/mol. The van der Waals surface area contributed by atoms with E-state index in [1.54, 1.807) is 43.3 Å². The summed E-state index contributed by atoms with van der Waals surface area (Å²) in [7, 11) is 0. The summed E-state index contributed by atoms with van der Waals surface area (Å²) >= 11 is 1.20. The minimum absolute atomic E-state index is 0.113. The standard InChI is InChI=1S/C21H20FN3O2S/c1-3-10-25-20(27)16-6-4-5-7-18(16)24-21(25)28-13-19(26)23-12-15-8-9-17(22)14(2)11-15/h3-9,11H,1,10,12-13H2,2H3,(H,23,26). The second-order valence-electron chi connectivity index (χ2n) is 6.26. The van der Waals surface area contributed by atoms with E-state index < -0.39 is 0 Å². The number of carbonyl (C=O) groups excluding carboxylic acids is 1. The van der Waals surface area contributed by atoms with Crippen molar-refractivity contribution in [1.29, 1.82) is 0 Å². The number of amides is 1. The third kappa shape index (κ3) is 4.48. The topological polar surface area (TPSA) is 64.0 Å². The highest BCUT2D eigenvalue weighted by molar-refractivity contribution is 7.99. The Bertz CT molecular complexity index is 1090. The molecule has 0 radical (unpaired) electrons. The number of fused-ring (bicyclic) bond motifs is 1. The number of aromatic nitrogens is 2. The second-order valence-corrected chi connectivity index (χ2v) is 7.21. The molecule has 3 rings (SSSR count). The molecule has 0 atom stereocenters. The van der Waals surface area contributed by atoms with E-state index >= 15 is 0 Å². The molecular weight excluding hydrogens is 377 g/mol. The molecule has 3 aromatic rings. The van der Waals surface area contributed by atoms with Gasteiger partial charge in [-0.3, -0.25) is 14.2 Å². The van der Waals surface area contributed by atoms with Crippen molar-refractivity contribution < 1.29 is 9.18 Å². The molecule has 144 valence electrons. The fourth-order valence-electron chi connectivity index (χ4n) is 2.75. The van der Waals surface area contributed by atoms with Crippen molar-refractivity contribution in [3.8, 4) is 0 Å². The van der Waals surface area contributed by atoms with Crippen molar-refractivity contribution in [2.75, 3.05) is 5.75 Å². The van der Waals surface area contributed by atoms with E-state index in [1.807, 2.05) is 6.07 Å². The molecule has 1 heterocycles. The average Bonchev–Trinajstić information content (AvgIpc) is 2.70. The summed E-state index contributed by atoms with van der Waals surface area (Å²) < 4.78 is 14.8. The minimum Gasteiger partial charge on any atom is -0.351 e. The van der Waals surface area contributed by atoms with Crippen LogP contribution in [0.15, 0.2) is 65.1 Å². The Hall–Kier alpha value is -2.93. The number of hydrogen-bond donors (Lipinski definition) is 1. The number of benzene rings is 2. The third-order valence-electron chi connectivity index (χ3n) is 4.18. The minimum atomic E-state index is -0.270. The zero-order valence-electron chi connectivity index (χ0n) is 15.4. The third-order valence-corrected chi connectivity index (χ3v) is 5.16. The maximum atomic E-state index is 13.3. The van der Waals surface area contributed by atoms with E-state index in [4.69, 9.17) is 0 Å². The molecular formula is C21H20FN3O2S. The fraction of sp³-hybridized carbons (Fsp3) is 0.190. The van der Waals surface area contributed by atoms with E-state index in [0.717, 1.165) is 5.56 Å². The van der Waals surface area contributed by atoms with Gasteiger partial charge in [-0.1, -0.05) is 42.1 Å². The average molecular weight is 397 g/mol. The van der Waals surface area contributed by atoms with Gasteiger partial charge in [-0.2, -0.15) is 0 Å². The van der Waals surface area contributed by atoms with Crippen molar-refractivity contribution in [3.63, 3.8) is 0 Å². The van der Waals surface area contributed by atoms with E-state index in [1.165, 1.54) is 22.4 Å². The van der Waals surface area contributed by atoms with Gasteiger partial charge >= 0.3 is 0 Å². The number of rotatable bonds is 7. The first-order valence-electron chi connectivity index (χ1n) is 8.74. The van der Waals surface area contributed by atoms with E-state index in [2.05, 4.69) is 16.9 Å². The van der Waals surface area contributed by atoms with Gasteiger partial charge in [0.2, 0.25) is 5.91 Å². The summed E-state index contributed by atoms with van der Waals surface area (Å²) in [5.74, 6) is -0.352. The van der Waals surface area contributed by atoms with Crippen LogP contribution in [-0.2, 0) is 17.9 Å². The van der Waals surface area contributed by atoms with Crippen molar-refractivity contribution in [2.24, 2.45) is 0 Å². The molecule has 0 aliphatic carbocycles. The van der Waals surface area contributed by atoms with Crippen LogP contribution in [0.5, 0.6) is 0 Å². The maximum absolute atomic E-state index is 13.3. The Morgan fingerprint density at radius 2 is 2.11 bits per heavy atom. The number of aryl methyl sites for hydroxylation is 1. The van der Waals surface area contributed by atoms with Crippen LogP contribution in [0.4, 0.5) is 4.39 Å². The lowest BCUT2D eigenvalue weighted by atomic mass is 10.1. The van der Waals surface area contributed by atoms with Crippen molar-refractivity contribution in [1.82, 2.24) is 14.9 Å². The molecule has 5 nitrogen and oxygen atoms in total. The van der Waals surface area contributed by atoms with Gasteiger partial charge in [0.25, 0.3) is 5.56 Å². The van der Waals surface area contributed by atoms with Crippen LogP contribution in [0.2, 0.25) is 0 Å². The number of nitrogens with zero attached hydrogens (tertiary/aromatic N) is 2. The fourth-order valence-corrected chi connectivity index (χ4v) is 3.58. The highest BCUT2D eigenvalue weighted by atomic mass is 32.2. The molecule has 0 saturated heterocycles. The summed E-state index contributed by atoms with van der Waals surface area (Å²) in [4.78, 5) is 29.4. The van der Waals surface area contributed by atoms with E-state index in [9.17, 15) is 14.0 Å². The van der Waals surface area contributed by atoms with Crippen LogP contribution in [0.3, 0.4) is 0 Å². The lowest BCUT2D eigenvalue weighted by Gasteiger charge is -2.11. The first-order chi connectivity index (χ1) is 13.5. The number of halogens is 1. The van der Waals surface area contributed by atoms with Gasteiger partial charge in [0.05, 0.1) is 16.7 Å². The van der Waals surface area contributed by atoms with E-state index in [-0.39, 0.29) is 23.0 Å². The zero-order chi connectivity index (χ0) is 20.1. The Kier molecular flexibility index (Phi) is 6.26. The van der Waals surface area contributed by atoms with Gasteiger partial charge in [-0.25, -0.2) is 9.37 Å². The van der Waals surface area contributed by atoms with Gasteiger partial charge in [-0.05, 0) is 36.2 Å². The molecule has 0 aliphatic heterocycles. The molecule has 0 saturated carbocycles. The normalized spacial score (nSPS) is 10.8. The second kappa shape index (κ2) is 8.84. The molecule has 1 amide bonds. The summed E-state index contributed by atoms with van der Waals surface area (Å²) in [6.45, 7) is 5.99. The number of hydrogen-bond acceptors (Lipinski definition) is 4. The summed E-state index contributed by atoms with van der Waals surface area (Å²) in [6.07, 6.45) is 1.62. The largest absolute Gasteiger partial charge is 0.351 e. The first kappa shape index (κ1) is 19.8.